The zero-order chi connectivity index (χ0) is 42.1. The Morgan fingerprint density at radius 2 is 1.03 bits per heavy atom. The van der Waals surface area contributed by atoms with Crippen molar-refractivity contribution in [2.75, 3.05) is 4.90 Å². The highest BCUT2D eigenvalue weighted by atomic mass is 16.3. The molecule has 0 radical (unpaired) electrons. The van der Waals surface area contributed by atoms with Gasteiger partial charge in [0.1, 0.15) is 11.0 Å². The highest BCUT2D eigenvalue weighted by Gasteiger charge is 2.20. The summed E-state index contributed by atoms with van der Waals surface area (Å²) in [7, 11) is 0. The zero-order valence-electron chi connectivity index (χ0n) is 34.2. The lowest BCUT2D eigenvalue weighted by molar-refractivity contribution is 0.575. The molecule has 3 heterocycles. The largest absolute Gasteiger partial charge is 0.456 e. The summed E-state index contributed by atoms with van der Waals surface area (Å²) in [5, 5.41) is 4.06. The average Bonchev–Trinajstić information content (AvgIpc) is 3.88. The van der Waals surface area contributed by atoms with Gasteiger partial charge in [-0.25, -0.2) is 15.0 Å². The minimum atomic E-state index is 0.544. The quantitative estimate of drug-likeness (QED) is 0.145. The van der Waals surface area contributed by atoms with Crippen LogP contribution in [0.5, 0.6) is 0 Å². The Labute approximate surface area is 364 Å². The van der Waals surface area contributed by atoms with Crippen LogP contribution in [0.15, 0.2) is 223 Å². The second-order valence-corrected chi connectivity index (χ2v) is 15.3. The number of nitrogens with zero attached hydrogens (tertiary/aromatic N) is 5. The van der Waals surface area contributed by atoms with Gasteiger partial charge in [-0.1, -0.05) is 164 Å². The lowest BCUT2D eigenvalue weighted by Gasteiger charge is -2.22. The molecule has 0 aliphatic rings. The van der Waals surface area contributed by atoms with Crippen molar-refractivity contribution in [2.24, 2.45) is 0 Å². The molecule has 0 saturated heterocycles. The standard InChI is InChI=1S/C57H39N5O/c1-2-18-52-49(54-47(28-17-30-53(54)63-52)57-59-55(41-21-9-4-10-22-41)58-56(60-57)42-23-11-5-12-24-42)38-61(43-33-31-40(32-34-43)39-19-7-3-8-20-39)45-35-36-51-48(37-45)46-27-15-16-29-50(46)62(51)44-25-13-6-14-26-44/h2-38H,1H2/b49-38+,52-18+. The molecule has 0 amide bonds. The van der Waals surface area contributed by atoms with Gasteiger partial charge in [-0.15, -0.1) is 0 Å². The second kappa shape index (κ2) is 16.1. The number of rotatable bonds is 9. The highest BCUT2D eigenvalue weighted by Crippen LogP contribution is 2.37. The van der Waals surface area contributed by atoms with Crippen LogP contribution < -0.4 is 15.5 Å². The predicted octanol–water partition coefficient (Wildman–Crippen LogP) is 12.9. The number of anilines is 2. The van der Waals surface area contributed by atoms with Crippen LogP contribution in [0, 0.1) is 0 Å². The molecule has 0 fully saturated rings. The summed E-state index contributed by atoms with van der Waals surface area (Å²) in [6.45, 7) is 4.08. The molecule has 3 aromatic heterocycles. The normalized spacial score (nSPS) is 12.1. The summed E-state index contributed by atoms with van der Waals surface area (Å²) in [6.07, 6.45) is 5.86. The fraction of sp³-hybridized carbons (Fsp3) is 0. The number of hydrogen-bond donors (Lipinski definition) is 0. The number of allylic oxidation sites excluding steroid dienone is 1. The van der Waals surface area contributed by atoms with Gasteiger partial charge in [0.2, 0.25) is 0 Å². The van der Waals surface area contributed by atoms with Crippen molar-refractivity contribution in [2.45, 2.75) is 0 Å². The maximum absolute atomic E-state index is 6.70. The Morgan fingerprint density at radius 3 is 1.70 bits per heavy atom. The first-order valence-corrected chi connectivity index (χ1v) is 21.0. The van der Waals surface area contributed by atoms with Crippen LogP contribution in [-0.2, 0) is 0 Å². The Morgan fingerprint density at radius 1 is 0.476 bits per heavy atom. The van der Waals surface area contributed by atoms with Gasteiger partial charge in [-0.3, -0.25) is 0 Å². The summed E-state index contributed by atoms with van der Waals surface area (Å²) >= 11 is 0. The van der Waals surface area contributed by atoms with Crippen molar-refractivity contribution in [3.63, 3.8) is 0 Å². The minimum Gasteiger partial charge on any atom is -0.456 e. The van der Waals surface area contributed by atoms with Crippen LogP contribution in [0.25, 0.3) is 96.0 Å². The van der Waals surface area contributed by atoms with Gasteiger partial charge >= 0.3 is 0 Å². The van der Waals surface area contributed by atoms with Crippen LogP contribution in [0.1, 0.15) is 0 Å². The summed E-state index contributed by atoms with van der Waals surface area (Å²) in [5.74, 6) is 1.72. The smallest absolute Gasteiger partial charge is 0.164 e. The Hall–Kier alpha value is -8.61. The number of hydrogen-bond acceptors (Lipinski definition) is 5. The third-order valence-corrected chi connectivity index (χ3v) is 11.4. The molecule has 298 valence electrons. The molecular formula is C57H39N5O. The molecule has 0 aliphatic carbocycles. The van der Waals surface area contributed by atoms with E-state index in [2.05, 4.69) is 150 Å². The van der Waals surface area contributed by atoms with E-state index in [0.29, 0.717) is 28.5 Å². The lowest BCUT2D eigenvalue weighted by atomic mass is 10.0. The Bertz CT molecular complexity index is 3500. The van der Waals surface area contributed by atoms with E-state index in [1.54, 1.807) is 6.08 Å². The highest BCUT2D eigenvalue weighted by molar-refractivity contribution is 6.10. The Balaban J connectivity index is 1.17. The van der Waals surface area contributed by atoms with E-state index in [1.165, 1.54) is 5.39 Å². The van der Waals surface area contributed by atoms with Gasteiger partial charge in [0.15, 0.2) is 17.5 Å². The molecule has 11 aromatic rings. The number of aromatic nitrogens is 4. The molecule has 0 saturated carbocycles. The molecule has 6 nitrogen and oxygen atoms in total. The molecule has 0 atom stereocenters. The summed E-state index contributed by atoms with van der Waals surface area (Å²) in [4.78, 5) is 17.5. The first-order chi connectivity index (χ1) is 31.2. The van der Waals surface area contributed by atoms with Gasteiger partial charge in [-0.05, 0) is 71.8 Å². The van der Waals surface area contributed by atoms with Crippen molar-refractivity contribution >= 4 is 56.4 Å². The molecule has 0 unspecified atom stereocenters. The average molecular weight is 810 g/mol. The maximum Gasteiger partial charge on any atom is 0.164 e. The molecule has 0 aliphatic heterocycles. The van der Waals surface area contributed by atoms with Crippen molar-refractivity contribution in [3.8, 4) is 51.0 Å². The maximum atomic E-state index is 6.70. The van der Waals surface area contributed by atoms with E-state index in [-0.39, 0.29) is 0 Å². The third kappa shape index (κ3) is 6.95. The summed E-state index contributed by atoms with van der Waals surface area (Å²) in [6, 6.07) is 71.2. The zero-order valence-corrected chi connectivity index (χ0v) is 34.2. The first kappa shape index (κ1) is 37.4. The van der Waals surface area contributed by atoms with Gasteiger partial charge in [0.25, 0.3) is 0 Å². The van der Waals surface area contributed by atoms with E-state index in [9.17, 15) is 0 Å². The van der Waals surface area contributed by atoms with Crippen molar-refractivity contribution < 1.29 is 4.42 Å². The van der Waals surface area contributed by atoms with E-state index in [0.717, 1.165) is 71.9 Å². The van der Waals surface area contributed by atoms with E-state index >= 15 is 0 Å². The summed E-state index contributed by atoms with van der Waals surface area (Å²) in [5.41, 5.74) is 11.6. The van der Waals surface area contributed by atoms with Crippen molar-refractivity contribution in [1.29, 1.82) is 0 Å². The topological polar surface area (TPSA) is 60.0 Å². The van der Waals surface area contributed by atoms with Crippen LogP contribution in [0.4, 0.5) is 11.4 Å². The minimum absolute atomic E-state index is 0.544. The molecular weight excluding hydrogens is 771 g/mol. The lowest BCUT2D eigenvalue weighted by Crippen LogP contribution is -2.25. The molecule has 0 N–H and O–H groups in total. The number of furan rings is 1. The van der Waals surface area contributed by atoms with Crippen LogP contribution in [0.2, 0.25) is 0 Å². The van der Waals surface area contributed by atoms with Gasteiger partial charge in [-0.2, -0.15) is 0 Å². The summed E-state index contributed by atoms with van der Waals surface area (Å²) < 4.78 is 9.04. The van der Waals surface area contributed by atoms with Crippen molar-refractivity contribution in [3.05, 3.63) is 230 Å². The van der Waals surface area contributed by atoms with Crippen molar-refractivity contribution in [1.82, 2.24) is 19.5 Å². The van der Waals surface area contributed by atoms with Crippen LogP contribution in [0.3, 0.4) is 0 Å². The number of benzene rings is 8. The van der Waals surface area contributed by atoms with E-state index in [1.807, 2.05) is 84.9 Å². The molecule has 11 rings (SSSR count). The monoisotopic (exact) mass is 809 g/mol. The molecule has 63 heavy (non-hydrogen) atoms. The Kier molecular flexibility index (Phi) is 9.56. The molecule has 0 spiro atoms. The second-order valence-electron chi connectivity index (χ2n) is 15.3. The fourth-order valence-corrected chi connectivity index (χ4v) is 8.50. The number of fused-ring (bicyclic) bond motifs is 4. The van der Waals surface area contributed by atoms with E-state index < -0.39 is 0 Å². The fourth-order valence-electron chi connectivity index (χ4n) is 8.50. The van der Waals surface area contributed by atoms with Gasteiger partial charge in [0, 0.05) is 61.3 Å². The molecule has 0 bridgehead atoms. The van der Waals surface area contributed by atoms with E-state index in [4.69, 9.17) is 19.4 Å². The van der Waals surface area contributed by atoms with Gasteiger partial charge in [0.05, 0.1) is 11.0 Å². The predicted molar refractivity (Wildman–Crippen MR) is 259 cm³/mol. The van der Waals surface area contributed by atoms with Crippen LogP contribution in [-0.4, -0.2) is 19.5 Å². The SMILES string of the molecule is C=C/C=c1/oc2cccc(-c3nc(-c4ccccc4)nc(-c4ccccc4)n3)c2/c1=C/N(c1ccc(-c2ccccc2)cc1)c1ccc2c(c1)c1ccccc1n2-c1ccccc1. The number of para-hydroxylation sites is 2. The third-order valence-electron chi connectivity index (χ3n) is 11.4. The van der Waals surface area contributed by atoms with Gasteiger partial charge < -0.3 is 13.9 Å². The molecule has 8 aromatic carbocycles. The van der Waals surface area contributed by atoms with Crippen LogP contribution >= 0.6 is 0 Å². The first-order valence-electron chi connectivity index (χ1n) is 21.0. The molecule has 6 heteroatoms.